The SMILES string of the molecule is C=O.Oc1ccccc1.[Fe]. The van der Waals surface area contributed by atoms with E-state index in [1.165, 1.54) is 0 Å². The van der Waals surface area contributed by atoms with E-state index < -0.39 is 0 Å². The Labute approximate surface area is 70.4 Å². The smallest absolute Gasteiger partial charge is 0.115 e. The zero-order valence-electron chi connectivity index (χ0n) is 5.30. The molecular formula is C7H8FeO2. The largest absolute Gasteiger partial charge is 0.508 e. The Hall–Kier alpha value is -0.791. The summed E-state index contributed by atoms with van der Waals surface area (Å²) in [5.41, 5.74) is 0. The Morgan fingerprint density at radius 3 is 1.70 bits per heavy atom. The first kappa shape index (κ1) is 11.9. The van der Waals surface area contributed by atoms with Gasteiger partial charge in [-0.3, -0.25) is 0 Å². The molecular weight excluding hydrogens is 172 g/mol. The molecule has 10 heavy (non-hydrogen) atoms. The van der Waals surface area contributed by atoms with E-state index in [1.54, 1.807) is 24.3 Å². The van der Waals surface area contributed by atoms with Gasteiger partial charge in [0.25, 0.3) is 0 Å². The first-order valence-electron chi connectivity index (χ1n) is 2.42. The van der Waals surface area contributed by atoms with Gasteiger partial charge in [-0.05, 0) is 12.1 Å². The van der Waals surface area contributed by atoms with Gasteiger partial charge in [-0.1, -0.05) is 18.2 Å². The maximum absolute atomic E-state index is 8.63. The first-order chi connectivity index (χ1) is 4.39. The van der Waals surface area contributed by atoms with Crippen LogP contribution in [-0.4, -0.2) is 11.9 Å². The summed E-state index contributed by atoms with van der Waals surface area (Å²) in [7, 11) is 0. The summed E-state index contributed by atoms with van der Waals surface area (Å²) in [5, 5.41) is 8.63. The van der Waals surface area contributed by atoms with Crippen molar-refractivity contribution in [1.82, 2.24) is 0 Å². The van der Waals surface area contributed by atoms with Crippen LogP contribution in [0.25, 0.3) is 0 Å². The van der Waals surface area contributed by atoms with Crippen LogP contribution in [0.5, 0.6) is 5.75 Å². The van der Waals surface area contributed by atoms with Crippen molar-refractivity contribution in [2.24, 2.45) is 0 Å². The maximum Gasteiger partial charge on any atom is 0.115 e. The van der Waals surface area contributed by atoms with Crippen molar-refractivity contribution in [2.75, 3.05) is 0 Å². The van der Waals surface area contributed by atoms with Crippen LogP contribution in [-0.2, 0) is 21.9 Å². The van der Waals surface area contributed by atoms with Gasteiger partial charge in [0, 0.05) is 17.1 Å². The van der Waals surface area contributed by atoms with Crippen LogP contribution in [0, 0.1) is 0 Å². The molecule has 0 spiro atoms. The van der Waals surface area contributed by atoms with Gasteiger partial charge in [-0.2, -0.15) is 0 Å². The summed E-state index contributed by atoms with van der Waals surface area (Å²) >= 11 is 0. The van der Waals surface area contributed by atoms with Crippen molar-refractivity contribution in [3.05, 3.63) is 30.3 Å². The zero-order valence-corrected chi connectivity index (χ0v) is 6.41. The molecule has 0 atom stereocenters. The molecule has 0 unspecified atom stereocenters. The third kappa shape index (κ3) is 5.35. The summed E-state index contributed by atoms with van der Waals surface area (Å²) in [4.78, 5) is 8.00. The van der Waals surface area contributed by atoms with Gasteiger partial charge in [-0.25, -0.2) is 0 Å². The summed E-state index contributed by atoms with van der Waals surface area (Å²) < 4.78 is 0. The summed E-state index contributed by atoms with van der Waals surface area (Å²) in [6.07, 6.45) is 0. The predicted octanol–water partition coefficient (Wildman–Crippen LogP) is 1.20. The van der Waals surface area contributed by atoms with Crippen molar-refractivity contribution in [2.45, 2.75) is 0 Å². The molecule has 2 nitrogen and oxygen atoms in total. The molecule has 1 rings (SSSR count). The fraction of sp³-hybridized carbons (Fsp3) is 0. The van der Waals surface area contributed by atoms with Gasteiger partial charge in [0.15, 0.2) is 0 Å². The molecule has 0 fully saturated rings. The molecule has 0 aromatic heterocycles. The van der Waals surface area contributed by atoms with E-state index in [9.17, 15) is 0 Å². The molecule has 1 aromatic carbocycles. The molecule has 0 radical (unpaired) electrons. The van der Waals surface area contributed by atoms with E-state index in [4.69, 9.17) is 9.90 Å². The number of carbonyl (C=O) groups is 1. The van der Waals surface area contributed by atoms with Gasteiger partial charge >= 0.3 is 0 Å². The van der Waals surface area contributed by atoms with Crippen molar-refractivity contribution in [3.63, 3.8) is 0 Å². The van der Waals surface area contributed by atoms with Crippen LogP contribution in [0.3, 0.4) is 0 Å². The molecule has 0 amide bonds. The third-order valence-electron chi connectivity index (χ3n) is 0.756. The topological polar surface area (TPSA) is 37.3 Å². The maximum atomic E-state index is 8.63. The average molecular weight is 180 g/mol. The van der Waals surface area contributed by atoms with E-state index in [1.807, 2.05) is 12.9 Å². The Morgan fingerprint density at radius 2 is 1.50 bits per heavy atom. The number of rotatable bonds is 0. The quantitative estimate of drug-likeness (QED) is 0.609. The second-order valence-electron chi connectivity index (χ2n) is 1.34. The first-order valence-corrected chi connectivity index (χ1v) is 2.42. The molecule has 1 N–H and O–H groups in total. The zero-order chi connectivity index (χ0) is 7.11. The fourth-order valence-corrected chi connectivity index (χ4v) is 0.428. The van der Waals surface area contributed by atoms with Gasteiger partial charge in [0.2, 0.25) is 0 Å². The van der Waals surface area contributed by atoms with E-state index in [0.717, 1.165) is 0 Å². The van der Waals surface area contributed by atoms with E-state index in [2.05, 4.69) is 0 Å². The number of para-hydroxylation sites is 1. The van der Waals surface area contributed by atoms with Gasteiger partial charge < -0.3 is 9.90 Å². The molecule has 0 aliphatic rings. The second kappa shape index (κ2) is 8.21. The van der Waals surface area contributed by atoms with Crippen LogP contribution >= 0.6 is 0 Å². The van der Waals surface area contributed by atoms with E-state index >= 15 is 0 Å². The van der Waals surface area contributed by atoms with E-state index in [-0.39, 0.29) is 17.1 Å². The molecule has 0 aliphatic carbocycles. The molecule has 0 saturated carbocycles. The molecule has 0 heterocycles. The van der Waals surface area contributed by atoms with Crippen LogP contribution in [0.4, 0.5) is 0 Å². The van der Waals surface area contributed by atoms with Crippen LogP contribution in [0.1, 0.15) is 0 Å². The normalized spacial score (nSPS) is 6.40. The number of carbonyl (C=O) groups excluding carboxylic acids is 1. The number of phenols is 1. The Balaban J connectivity index is 0. The van der Waals surface area contributed by atoms with Crippen molar-refractivity contribution >= 4 is 6.79 Å². The molecule has 56 valence electrons. The van der Waals surface area contributed by atoms with Gasteiger partial charge in [-0.15, -0.1) is 0 Å². The number of phenolic OH excluding ortho intramolecular Hbond substituents is 1. The summed E-state index contributed by atoms with van der Waals surface area (Å²) in [6, 6.07) is 8.71. The summed E-state index contributed by atoms with van der Waals surface area (Å²) in [6.45, 7) is 2.00. The fourth-order valence-electron chi connectivity index (χ4n) is 0.428. The average Bonchev–Trinajstić information content (AvgIpc) is 1.94. The Morgan fingerprint density at radius 1 is 1.10 bits per heavy atom. The minimum atomic E-state index is 0. The second-order valence-corrected chi connectivity index (χ2v) is 1.34. The number of benzene rings is 1. The number of hydrogen-bond acceptors (Lipinski definition) is 2. The van der Waals surface area contributed by atoms with Gasteiger partial charge in [0.1, 0.15) is 12.5 Å². The summed E-state index contributed by atoms with van der Waals surface area (Å²) in [5.74, 6) is 0.322. The molecule has 0 aliphatic heterocycles. The van der Waals surface area contributed by atoms with E-state index in [0.29, 0.717) is 5.75 Å². The van der Waals surface area contributed by atoms with Crippen molar-refractivity contribution in [3.8, 4) is 5.75 Å². The molecule has 3 heteroatoms. The van der Waals surface area contributed by atoms with Crippen LogP contribution < -0.4 is 0 Å². The Kier molecular flexibility index (Phi) is 9.80. The van der Waals surface area contributed by atoms with Crippen LogP contribution in [0.15, 0.2) is 30.3 Å². The van der Waals surface area contributed by atoms with Crippen molar-refractivity contribution in [1.29, 1.82) is 0 Å². The molecule has 0 bridgehead atoms. The number of aromatic hydroxyl groups is 1. The molecule has 0 saturated heterocycles. The van der Waals surface area contributed by atoms with Crippen LogP contribution in [0.2, 0.25) is 0 Å². The standard InChI is InChI=1S/C6H6O.CH2O.Fe/c7-6-4-2-1-3-5-6;1-2;/h1-5,7H;1H2;. The number of hydrogen-bond donors (Lipinski definition) is 1. The monoisotopic (exact) mass is 180 g/mol. The van der Waals surface area contributed by atoms with Gasteiger partial charge in [0.05, 0.1) is 0 Å². The molecule has 1 aromatic rings. The minimum absolute atomic E-state index is 0. The minimum Gasteiger partial charge on any atom is -0.508 e. The van der Waals surface area contributed by atoms with Crippen molar-refractivity contribution < 1.29 is 27.0 Å². The Bertz CT molecular complexity index is 153. The third-order valence-corrected chi connectivity index (χ3v) is 0.756. The predicted molar refractivity (Wildman–Crippen MR) is 35.2 cm³/mol.